The fourth-order valence-electron chi connectivity index (χ4n) is 2.47. The molecule has 1 aliphatic rings. The summed E-state index contributed by atoms with van der Waals surface area (Å²) in [6.45, 7) is 4.11. The molecule has 110 valence electrons. The molecule has 2 heterocycles. The molecule has 1 aromatic heterocycles. The maximum Gasteiger partial charge on any atom is 0.277 e. The fraction of sp³-hybridized carbons (Fsp3) is 0.400. The number of hydrogen-bond donors (Lipinski definition) is 0. The van der Waals surface area contributed by atoms with Crippen LogP contribution in [0.15, 0.2) is 24.3 Å². The van der Waals surface area contributed by atoms with Crippen LogP contribution in [0.2, 0.25) is 5.15 Å². The van der Waals surface area contributed by atoms with Crippen LogP contribution >= 0.6 is 11.6 Å². The summed E-state index contributed by atoms with van der Waals surface area (Å²) in [7, 11) is 0. The van der Waals surface area contributed by atoms with E-state index >= 15 is 0 Å². The Morgan fingerprint density at radius 3 is 2.57 bits per heavy atom. The van der Waals surface area contributed by atoms with E-state index in [4.69, 9.17) is 11.6 Å². The zero-order valence-electron chi connectivity index (χ0n) is 11.9. The van der Waals surface area contributed by atoms with Gasteiger partial charge in [-0.05, 0) is 25.3 Å². The normalized spacial score (nSPS) is 14.7. The Hall–Kier alpha value is -1.88. The number of benzene rings is 1. The first-order valence-corrected chi connectivity index (χ1v) is 7.47. The largest absolute Gasteiger partial charge is 0.337 e. The minimum absolute atomic E-state index is 0.118. The highest BCUT2D eigenvalue weighted by Crippen LogP contribution is 2.19. The molecule has 3 rings (SSSR count). The third-order valence-electron chi connectivity index (χ3n) is 3.72. The summed E-state index contributed by atoms with van der Waals surface area (Å²) in [6, 6.07) is 8.12. The molecule has 1 fully saturated rings. The Morgan fingerprint density at radius 1 is 1.24 bits per heavy atom. The lowest BCUT2D eigenvalue weighted by Crippen LogP contribution is -2.28. The summed E-state index contributed by atoms with van der Waals surface area (Å²) < 4.78 is 1.57. The van der Waals surface area contributed by atoms with E-state index in [2.05, 4.69) is 10.3 Å². The third-order valence-corrected chi connectivity index (χ3v) is 4.10. The molecule has 0 radical (unpaired) electrons. The van der Waals surface area contributed by atoms with E-state index in [1.165, 1.54) is 5.56 Å². The molecule has 1 aromatic carbocycles. The summed E-state index contributed by atoms with van der Waals surface area (Å²) in [6.07, 6.45) is 2.09. The van der Waals surface area contributed by atoms with Gasteiger partial charge in [0, 0.05) is 13.1 Å². The molecule has 0 N–H and O–H groups in total. The Labute approximate surface area is 128 Å². The van der Waals surface area contributed by atoms with Gasteiger partial charge in [0.25, 0.3) is 5.91 Å². The highest BCUT2D eigenvalue weighted by Gasteiger charge is 2.25. The molecule has 1 saturated heterocycles. The second-order valence-corrected chi connectivity index (χ2v) is 5.73. The molecule has 2 aromatic rings. The van der Waals surface area contributed by atoms with Crippen LogP contribution < -0.4 is 0 Å². The summed E-state index contributed by atoms with van der Waals surface area (Å²) in [5.74, 6) is -0.118. The second-order valence-electron chi connectivity index (χ2n) is 5.37. The van der Waals surface area contributed by atoms with Crippen LogP contribution in [0.25, 0.3) is 0 Å². The predicted octanol–water partition coefficient (Wildman–Crippen LogP) is 2.52. The van der Waals surface area contributed by atoms with Crippen LogP contribution in [0.5, 0.6) is 0 Å². The molecule has 0 spiro atoms. The number of aryl methyl sites for hydroxylation is 1. The average Bonchev–Trinajstić information content (AvgIpc) is 3.12. The Morgan fingerprint density at radius 2 is 1.90 bits per heavy atom. The van der Waals surface area contributed by atoms with Gasteiger partial charge in [0.1, 0.15) is 0 Å². The van der Waals surface area contributed by atoms with Crippen molar-refractivity contribution in [3.63, 3.8) is 0 Å². The average molecular weight is 305 g/mol. The lowest BCUT2D eigenvalue weighted by molar-refractivity contribution is 0.0787. The van der Waals surface area contributed by atoms with Crippen LogP contribution in [0.3, 0.4) is 0 Å². The van der Waals surface area contributed by atoms with Crippen molar-refractivity contribution in [2.75, 3.05) is 13.1 Å². The van der Waals surface area contributed by atoms with Crippen molar-refractivity contribution in [1.29, 1.82) is 0 Å². The van der Waals surface area contributed by atoms with Crippen molar-refractivity contribution in [1.82, 2.24) is 19.9 Å². The minimum Gasteiger partial charge on any atom is -0.337 e. The molecule has 6 heteroatoms. The molecule has 0 atom stereocenters. The molecular weight excluding hydrogens is 288 g/mol. The summed E-state index contributed by atoms with van der Waals surface area (Å²) in [5.41, 5.74) is 2.53. The van der Waals surface area contributed by atoms with Crippen LogP contribution in [-0.4, -0.2) is 38.9 Å². The lowest BCUT2D eigenvalue weighted by atomic mass is 10.1. The third kappa shape index (κ3) is 2.93. The van der Waals surface area contributed by atoms with Gasteiger partial charge in [-0.25, -0.2) is 4.68 Å². The van der Waals surface area contributed by atoms with Crippen molar-refractivity contribution >= 4 is 17.5 Å². The minimum atomic E-state index is -0.118. The number of aromatic nitrogens is 3. The smallest absolute Gasteiger partial charge is 0.277 e. The summed E-state index contributed by atoms with van der Waals surface area (Å²) >= 11 is 6.27. The van der Waals surface area contributed by atoms with Gasteiger partial charge in [0.05, 0.1) is 6.54 Å². The zero-order chi connectivity index (χ0) is 14.8. The fourth-order valence-corrected chi connectivity index (χ4v) is 2.68. The molecule has 1 amide bonds. The number of carbonyl (C=O) groups excluding carboxylic acids is 1. The number of rotatable bonds is 3. The zero-order valence-corrected chi connectivity index (χ0v) is 12.7. The van der Waals surface area contributed by atoms with Gasteiger partial charge in [-0.3, -0.25) is 4.79 Å². The summed E-state index contributed by atoms with van der Waals surface area (Å²) in [5, 5.41) is 8.29. The molecule has 0 aliphatic carbocycles. The molecule has 1 aliphatic heterocycles. The number of nitrogens with zero attached hydrogens (tertiary/aromatic N) is 4. The van der Waals surface area contributed by atoms with Crippen LogP contribution in [0, 0.1) is 6.92 Å². The molecule has 5 nitrogen and oxygen atoms in total. The van der Waals surface area contributed by atoms with Crippen molar-refractivity contribution < 1.29 is 4.79 Å². The van der Waals surface area contributed by atoms with Crippen molar-refractivity contribution in [3.8, 4) is 0 Å². The van der Waals surface area contributed by atoms with E-state index in [0.717, 1.165) is 31.5 Å². The maximum atomic E-state index is 12.3. The standard InChI is InChI=1S/C15H17ClN4O/c1-11-4-6-12(7-5-11)10-20-14(16)13(17-18-20)15(21)19-8-2-3-9-19/h4-7H,2-3,8-10H2,1H3. The van der Waals surface area contributed by atoms with Crippen molar-refractivity contribution in [3.05, 3.63) is 46.2 Å². The quantitative estimate of drug-likeness (QED) is 0.875. The first-order chi connectivity index (χ1) is 10.1. The predicted molar refractivity (Wildman–Crippen MR) is 80.5 cm³/mol. The van der Waals surface area contributed by atoms with Crippen LogP contribution in [-0.2, 0) is 6.54 Å². The number of amides is 1. The number of carbonyl (C=O) groups is 1. The molecule has 21 heavy (non-hydrogen) atoms. The Balaban J connectivity index is 1.78. The van der Waals surface area contributed by atoms with Gasteiger partial charge in [-0.15, -0.1) is 5.10 Å². The van der Waals surface area contributed by atoms with Gasteiger partial charge in [-0.1, -0.05) is 46.6 Å². The Bertz CT molecular complexity index is 644. The van der Waals surface area contributed by atoms with Gasteiger partial charge in [0.15, 0.2) is 10.8 Å². The van der Waals surface area contributed by atoms with Gasteiger partial charge in [0.2, 0.25) is 0 Å². The highest BCUT2D eigenvalue weighted by molar-refractivity contribution is 6.32. The van der Waals surface area contributed by atoms with E-state index in [1.807, 2.05) is 31.2 Å². The van der Waals surface area contributed by atoms with E-state index < -0.39 is 0 Å². The highest BCUT2D eigenvalue weighted by atomic mass is 35.5. The second kappa shape index (κ2) is 5.85. The van der Waals surface area contributed by atoms with Crippen molar-refractivity contribution in [2.45, 2.75) is 26.3 Å². The SMILES string of the molecule is Cc1ccc(Cn2nnc(C(=O)N3CCCC3)c2Cl)cc1. The number of hydrogen-bond acceptors (Lipinski definition) is 3. The lowest BCUT2D eigenvalue weighted by Gasteiger charge is -2.13. The molecule has 0 bridgehead atoms. The first-order valence-electron chi connectivity index (χ1n) is 7.09. The van der Waals surface area contributed by atoms with E-state index in [-0.39, 0.29) is 11.6 Å². The molecule has 0 unspecified atom stereocenters. The Kier molecular flexibility index (Phi) is 3.92. The van der Waals surface area contributed by atoms with Crippen LogP contribution in [0.1, 0.15) is 34.5 Å². The number of likely N-dealkylation sites (tertiary alicyclic amines) is 1. The first kappa shape index (κ1) is 14.1. The van der Waals surface area contributed by atoms with Crippen molar-refractivity contribution in [2.24, 2.45) is 0 Å². The van der Waals surface area contributed by atoms with Gasteiger partial charge >= 0.3 is 0 Å². The summed E-state index contributed by atoms with van der Waals surface area (Å²) in [4.78, 5) is 14.1. The van der Waals surface area contributed by atoms with E-state index in [1.54, 1.807) is 9.58 Å². The monoisotopic (exact) mass is 304 g/mol. The van der Waals surface area contributed by atoms with Gasteiger partial charge < -0.3 is 4.90 Å². The topological polar surface area (TPSA) is 51.0 Å². The number of halogens is 1. The van der Waals surface area contributed by atoms with E-state index in [9.17, 15) is 4.79 Å². The maximum absolute atomic E-state index is 12.3. The van der Waals surface area contributed by atoms with Gasteiger partial charge in [-0.2, -0.15) is 0 Å². The van der Waals surface area contributed by atoms with E-state index in [0.29, 0.717) is 11.7 Å². The molecule has 0 saturated carbocycles. The van der Waals surface area contributed by atoms with Crippen LogP contribution in [0.4, 0.5) is 0 Å². The molecular formula is C15H17ClN4O.